The number of carbonyl (C=O) groups excluding carboxylic acids is 3. The van der Waals surface area contributed by atoms with Crippen LogP contribution >= 0.6 is 0 Å². The summed E-state index contributed by atoms with van der Waals surface area (Å²) >= 11 is 0. The van der Waals surface area contributed by atoms with Crippen LogP contribution in [0.3, 0.4) is 0 Å². The molecule has 0 aromatic heterocycles. The number of allylic oxidation sites excluding steroid dienone is 2. The number of anilines is 2. The maximum absolute atomic E-state index is 13.0. The second-order valence-electron chi connectivity index (χ2n) is 11.6. The normalized spacial score (nSPS) is 19.0. The monoisotopic (exact) mass is 680 g/mol. The van der Waals surface area contributed by atoms with Crippen molar-refractivity contribution in [3.05, 3.63) is 143 Å². The Balaban J connectivity index is 0.000000177. The second kappa shape index (κ2) is 16.3. The average molecular weight is 681 g/mol. The number of Topliss-reactive ketones (excluding diaryl/α,β-unsaturated/α-hetero) is 2. The maximum Gasteiger partial charge on any atom is 0.416 e. The minimum atomic E-state index is -4.37. The van der Waals surface area contributed by atoms with Gasteiger partial charge in [-0.1, -0.05) is 72.8 Å². The summed E-state index contributed by atoms with van der Waals surface area (Å²) in [4.78, 5) is 32.2. The van der Waals surface area contributed by atoms with Crippen molar-refractivity contribution in [2.75, 3.05) is 11.1 Å². The fraction of sp³-hybridized carbons (Fsp3) is 0.237. The first-order valence-corrected chi connectivity index (χ1v) is 15.4. The van der Waals surface area contributed by atoms with Crippen molar-refractivity contribution in [3.8, 4) is 0 Å². The number of alkyl halides is 6. The highest BCUT2D eigenvalue weighted by Gasteiger charge is 2.44. The zero-order valence-electron chi connectivity index (χ0n) is 26.2. The van der Waals surface area contributed by atoms with Crippen LogP contribution in [-0.4, -0.2) is 17.9 Å². The van der Waals surface area contributed by atoms with Gasteiger partial charge in [-0.2, -0.15) is 26.3 Å². The van der Waals surface area contributed by atoms with Gasteiger partial charge < -0.3 is 11.1 Å². The lowest BCUT2D eigenvalue weighted by Gasteiger charge is -2.37. The standard InChI is InChI=1S/C19H16F3NO.C7H6F3N.C7H6O.C5H6O/c20-19(21,22)12-6-7-17-15(8-12)14-9-13(24)10-16(14)18(23-17)11-4-2-1-3-5-11;8-7(9,10)5-1-3-6(11)4-2-5;8-6-7-4-2-1-3-5-7;6-5-3-1-2-4-5/h1-8,14,16,18,23H,9-10H2;1-4H,11H2;1-6H;1-2H,3-4H2/t14-,16-,18+;;;/m1.../s1. The molecule has 49 heavy (non-hydrogen) atoms. The molecule has 1 aliphatic heterocycles. The van der Waals surface area contributed by atoms with Crippen LogP contribution in [0.15, 0.2) is 115 Å². The number of carbonyl (C=O) groups is 3. The lowest BCUT2D eigenvalue weighted by Crippen LogP contribution is -2.29. The number of nitrogen functional groups attached to an aromatic ring is 1. The van der Waals surface area contributed by atoms with Crippen molar-refractivity contribution in [1.82, 2.24) is 0 Å². The second-order valence-corrected chi connectivity index (χ2v) is 11.6. The molecule has 0 spiro atoms. The first-order chi connectivity index (χ1) is 23.3. The summed E-state index contributed by atoms with van der Waals surface area (Å²) in [7, 11) is 0. The van der Waals surface area contributed by atoms with Crippen molar-refractivity contribution < 1.29 is 40.7 Å². The van der Waals surface area contributed by atoms with E-state index in [0.717, 1.165) is 35.6 Å². The van der Waals surface area contributed by atoms with Gasteiger partial charge >= 0.3 is 12.4 Å². The number of ketones is 2. The number of aldehydes is 1. The van der Waals surface area contributed by atoms with Crippen LogP contribution in [-0.2, 0) is 21.9 Å². The van der Waals surface area contributed by atoms with E-state index in [2.05, 4.69) is 5.32 Å². The van der Waals surface area contributed by atoms with Crippen LogP contribution in [0.1, 0.15) is 70.3 Å². The van der Waals surface area contributed by atoms with E-state index < -0.39 is 23.5 Å². The minimum Gasteiger partial charge on any atom is -0.399 e. The summed E-state index contributed by atoms with van der Waals surface area (Å²) in [5.41, 5.74) is 7.32. The van der Waals surface area contributed by atoms with E-state index in [-0.39, 0.29) is 23.7 Å². The molecule has 3 atom stereocenters. The molecule has 1 heterocycles. The van der Waals surface area contributed by atoms with E-state index in [1.165, 1.54) is 24.3 Å². The lowest BCUT2D eigenvalue weighted by molar-refractivity contribution is -0.138. The summed E-state index contributed by atoms with van der Waals surface area (Å²) in [6.07, 6.45) is -1.93. The van der Waals surface area contributed by atoms with Gasteiger partial charge in [-0.25, -0.2) is 0 Å². The van der Waals surface area contributed by atoms with Crippen LogP contribution in [0.25, 0.3) is 0 Å². The Hall–Kier alpha value is -5.19. The topological polar surface area (TPSA) is 89.3 Å². The van der Waals surface area contributed by atoms with Gasteiger partial charge in [-0.05, 0) is 65.4 Å². The molecule has 3 aliphatic rings. The Morgan fingerprint density at radius 1 is 0.673 bits per heavy atom. The van der Waals surface area contributed by atoms with Gasteiger partial charge in [-0.15, -0.1) is 0 Å². The summed E-state index contributed by atoms with van der Waals surface area (Å²) < 4.78 is 74.7. The lowest BCUT2D eigenvalue weighted by atomic mass is 9.77. The van der Waals surface area contributed by atoms with Crippen LogP contribution in [0, 0.1) is 5.92 Å². The predicted molar refractivity (Wildman–Crippen MR) is 176 cm³/mol. The Morgan fingerprint density at radius 3 is 1.71 bits per heavy atom. The highest BCUT2D eigenvalue weighted by Crippen LogP contribution is 2.52. The molecule has 0 unspecified atom stereocenters. The molecule has 5 nitrogen and oxygen atoms in total. The van der Waals surface area contributed by atoms with Crippen LogP contribution < -0.4 is 11.1 Å². The van der Waals surface area contributed by atoms with E-state index >= 15 is 0 Å². The van der Waals surface area contributed by atoms with Crippen molar-refractivity contribution in [1.29, 1.82) is 0 Å². The molecule has 3 N–H and O–H groups in total. The third-order valence-corrected chi connectivity index (χ3v) is 8.14. The third-order valence-electron chi connectivity index (χ3n) is 8.14. The molecule has 256 valence electrons. The quantitative estimate of drug-likeness (QED) is 0.0953. The van der Waals surface area contributed by atoms with Gasteiger partial charge in [0.15, 0.2) is 0 Å². The molecule has 4 aromatic rings. The van der Waals surface area contributed by atoms with Gasteiger partial charge in [0.25, 0.3) is 0 Å². The molecule has 0 radical (unpaired) electrons. The van der Waals surface area contributed by atoms with E-state index in [1.54, 1.807) is 12.1 Å². The molecule has 7 rings (SSSR count). The molecule has 1 saturated carbocycles. The smallest absolute Gasteiger partial charge is 0.399 e. The Bertz CT molecular complexity index is 1730. The largest absolute Gasteiger partial charge is 0.416 e. The van der Waals surface area contributed by atoms with Crippen LogP contribution in [0.2, 0.25) is 0 Å². The number of nitrogens with one attached hydrogen (secondary N) is 1. The Morgan fingerprint density at radius 2 is 1.22 bits per heavy atom. The Kier molecular flexibility index (Phi) is 12.2. The van der Waals surface area contributed by atoms with Crippen LogP contribution in [0.4, 0.5) is 37.7 Å². The van der Waals surface area contributed by atoms with Gasteiger partial charge in [0.1, 0.15) is 17.9 Å². The fourth-order valence-electron chi connectivity index (χ4n) is 5.74. The predicted octanol–water partition coefficient (Wildman–Crippen LogP) is 9.63. The summed E-state index contributed by atoms with van der Waals surface area (Å²) in [5.74, 6) is 0.310. The molecule has 0 amide bonds. The molecule has 0 bridgehead atoms. The number of rotatable bonds is 2. The van der Waals surface area contributed by atoms with Crippen molar-refractivity contribution >= 4 is 29.2 Å². The van der Waals surface area contributed by atoms with Gasteiger partial charge in [0.05, 0.1) is 17.2 Å². The number of fused-ring (bicyclic) bond motifs is 3. The highest BCUT2D eigenvalue weighted by molar-refractivity contribution is 5.84. The van der Waals surface area contributed by atoms with E-state index in [1.807, 2.05) is 60.7 Å². The highest BCUT2D eigenvalue weighted by atomic mass is 19.4. The van der Waals surface area contributed by atoms with Crippen molar-refractivity contribution in [2.45, 2.75) is 50.0 Å². The summed E-state index contributed by atoms with van der Waals surface area (Å²) in [6, 6.07) is 27.0. The van der Waals surface area contributed by atoms with Gasteiger partial charge in [0.2, 0.25) is 0 Å². The average Bonchev–Trinajstić information content (AvgIpc) is 3.73. The molecule has 11 heteroatoms. The van der Waals surface area contributed by atoms with Gasteiger partial charge in [-0.3, -0.25) is 14.4 Å². The first-order valence-electron chi connectivity index (χ1n) is 15.4. The number of halogens is 6. The third kappa shape index (κ3) is 10.4. The summed E-state index contributed by atoms with van der Waals surface area (Å²) in [6.45, 7) is 0. The molecule has 2 aliphatic carbocycles. The minimum absolute atomic E-state index is 0.00381. The summed E-state index contributed by atoms with van der Waals surface area (Å²) in [5, 5.41) is 3.36. The zero-order chi connectivity index (χ0) is 35.6. The van der Waals surface area contributed by atoms with E-state index in [0.29, 0.717) is 48.4 Å². The van der Waals surface area contributed by atoms with Crippen molar-refractivity contribution in [3.63, 3.8) is 0 Å². The molecular weight excluding hydrogens is 646 g/mol. The number of hydrogen-bond donors (Lipinski definition) is 2. The van der Waals surface area contributed by atoms with E-state index in [9.17, 15) is 40.7 Å². The van der Waals surface area contributed by atoms with E-state index in [4.69, 9.17) is 5.73 Å². The SMILES string of the molecule is Nc1ccc(C(F)(F)F)cc1.O=C1CC=CC1.O=C1C[C@@H]2[C@H](C1)c1cc(C(F)(F)F)ccc1N[C@H]2c1ccccc1.O=Cc1ccccc1. The zero-order valence-corrected chi connectivity index (χ0v) is 26.2. The number of benzene rings is 4. The Labute approximate surface area is 279 Å². The molecular formula is C38H34F6N2O3. The van der Waals surface area contributed by atoms with Crippen molar-refractivity contribution in [2.24, 2.45) is 5.92 Å². The molecule has 1 fully saturated rings. The number of hydrogen-bond acceptors (Lipinski definition) is 5. The van der Waals surface area contributed by atoms with Crippen LogP contribution in [0.5, 0.6) is 0 Å². The van der Waals surface area contributed by atoms with Gasteiger partial charge in [0, 0.05) is 42.6 Å². The first kappa shape index (κ1) is 36.6. The maximum atomic E-state index is 13.0. The molecule has 0 saturated heterocycles. The fourth-order valence-corrected chi connectivity index (χ4v) is 5.74. The number of nitrogens with two attached hydrogens (primary N) is 1. The molecule has 4 aromatic carbocycles.